The van der Waals surface area contributed by atoms with Crippen molar-refractivity contribution in [3.8, 4) is 5.75 Å². The summed E-state index contributed by atoms with van der Waals surface area (Å²) in [7, 11) is 1.37. The predicted molar refractivity (Wildman–Crippen MR) is 65.0 cm³/mol. The van der Waals surface area contributed by atoms with Crippen molar-refractivity contribution in [3.05, 3.63) is 33.9 Å². The molecule has 0 amide bonds. The number of ether oxygens (including phenoxy) is 1. The third-order valence-corrected chi connectivity index (χ3v) is 2.12. The average Bonchev–Trinajstić information content (AvgIpc) is 2.91. The molecule has 0 saturated carbocycles. The second-order valence-electron chi connectivity index (χ2n) is 3.29. The zero-order valence-electron chi connectivity index (χ0n) is 9.77. The first kappa shape index (κ1) is 12.4. The molecule has 10 heteroatoms. The van der Waals surface area contributed by atoms with Gasteiger partial charge in [0.25, 0.3) is 5.95 Å². The number of nitro groups is 1. The number of hydrogen-bond donors (Lipinski definition) is 2. The molecule has 2 N–H and O–H groups in total. The van der Waals surface area contributed by atoms with Gasteiger partial charge in [0.05, 0.1) is 18.2 Å². The van der Waals surface area contributed by atoms with Gasteiger partial charge in [0.1, 0.15) is 0 Å². The monoisotopic (exact) mass is 263 g/mol. The van der Waals surface area contributed by atoms with E-state index in [2.05, 4.69) is 31.2 Å². The number of anilines is 1. The number of nitrogens with one attached hydrogen (secondary N) is 2. The highest BCUT2D eigenvalue weighted by Gasteiger charge is 2.14. The normalized spacial score (nSPS) is 10.6. The molecule has 0 spiro atoms. The zero-order chi connectivity index (χ0) is 13.7. The highest BCUT2D eigenvalue weighted by Crippen LogP contribution is 2.26. The van der Waals surface area contributed by atoms with Crippen molar-refractivity contribution < 1.29 is 9.66 Å². The molecule has 0 unspecified atom stereocenters. The molecule has 0 radical (unpaired) electrons. The molecule has 0 aliphatic rings. The fourth-order valence-corrected chi connectivity index (χ4v) is 1.30. The molecule has 0 fully saturated rings. The quantitative estimate of drug-likeness (QED) is 0.457. The average molecular weight is 263 g/mol. The van der Waals surface area contributed by atoms with Gasteiger partial charge in [0.2, 0.25) is 0 Å². The Hall–Kier alpha value is -3.04. The van der Waals surface area contributed by atoms with Crippen LogP contribution in [-0.2, 0) is 0 Å². The van der Waals surface area contributed by atoms with Gasteiger partial charge in [-0.05, 0) is 17.3 Å². The summed E-state index contributed by atoms with van der Waals surface area (Å²) in [6.07, 6.45) is 1.39. The Morgan fingerprint density at radius 3 is 3.05 bits per heavy atom. The minimum Gasteiger partial charge on any atom is -0.490 e. The van der Waals surface area contributed by atoms with Crippen LogP contribution in [0.15, 0.2) is 23.3 Å². The lowest BCUT2D eigenvalue weighted by Gasteiger charge is -2.01. The molecule has 1 aromatic heterocycles. The highest BCUT2D eigenvalue weighted by molar-refractivity contribution is 5.81. The van der Waals surface area contributed by atoms with Crippen molar-refractivity contribution in [3.63, 3.8) is 0 Å². The van der Waals surface area contributed by atoms with E-state index in [4.69, 9.17) is 4.74 Å². The van der Waals surface area contributed by atoms with Crippen LogP contribution in [0.3, 0.4) is 0 Å². The lowest BCUT2D eigenvalue weighted by Crippen LogP contribution is -1.96. The number of aromatic nitrogens is 4. The largest absolute Gasteiger partial charge is 0.490 e. The summed E-state index contributed by atoms with van der Waals surface area (Å²) in [6, 6.07) is 4.47. The van der Waals surface area contributed by atoms with E-state index in [1.54, 1.807) is 6.07 Å². The standard InChI is InChI=1S/C9H9N7O3/c1-19-8-3-2-6(4-7(8)16(17)18)5-10-11-9-12-14-15-13-9/h2-5H,1H3,(H2,11,12,13,14,15)/b10-5+. The Kier molecular flexibility index (Phi) is 3.61. The van der Waals surface area contributed by atoms with Gasteiger partial charge in [-0.25, -0.2) is 5.43 Å². The zero-order valence-corrected chi connectivity index (χ0v) is 9.77. The van der Waals surface area contributed by atoms with E-state index in [9.17, 15) is 10.1 Å². The Bertz CT molecular complexity index is 596. The van der Waals surface area contributed by atoms with Crippen LogP contribution < -0.4 is 10.2 Å². The Morgan fingerprint density at radius 1 is 1.58 bits per heavy atom. The van der Waals surface area contributed by atoms with Crippen LogP contribution in [0.2, 0.25) is 0 Å². The number of hydrazone groups is 1. The fourth-order valence-electron chi connectivity index (χ4n) is 1.30. The summed E-state index contributed by atoms with van der Waals surface area (Å²) < 4.78 is 4.89. The van der Waals surface area contributed by atoms with E-state index < -0.39 is 4.92 Å². The molecule has 0 aliphatic carbocycles. The van der Waals surface area contributed by atoms with Gasteiger partial charge in [-0.1, -0.05) is 5.10 Å². The van der Waals surface area contributed by atoms with E-state index in [0.717, 1.165) is 0 Å². The van der Waals surface area contributed by atoms with Gasteiger partial charge in [0.15, 0.2) is 5.75 Å². The smallest absolute Gasteiger partial charge is 0.311 e. The molecule has 0 saturated heterocycles. The molecular weight excluding hydrogens is 254 g/mol. The third-order valence-electron chi connectivity index (χ3n) is 2.12. The van der Waals surface area contributed by atoms with E-state index in [0.29, 0.717) is 5.56 Å². The molecule has 10 nitrogen and oxygen atoms in total. The Labute approximate surface area is 106 Å². The number of rotatable bonds is 5. The summed E-state index contributed by atoms with van der Waals surface area (Å²) in [5, 5.41) is 27.5. The number of hydrogen-bond acceptors (Lipinski definition) is 8. The molecule has 98 valence electrons. The third kappa shape index (κ3) is 3.00. The number of methoxy groups -OCH3 is 1. The Balaban J connectivity index is 2.14. The van der Waals surface area contributed by atoms with Crippen LogP contribution in [0.5, 0.6) is 5.75 Å². The summed E-state index contributed by atoms with van der Waals surface area (Å²) in [6.45, 7) is 0. The first-order valence-electron chi connectivity index (χ1n) is 5.05. The Morgan fingerprint density at radius 2 is 2.42 bits per heavy atom. The van der Waals surface area contributed by atoms with Crippen LogP contribution in [-0.4, -0.2) is 38.9 Å². The van der Waals surface area contributed by atoms with Crippen LogP contribution in [0.4, 0.5) is 11.6 Å². The number of aromatic amines is 1. The maximum Gasteiger partial charge on any atom is 0.311 e. The summed E-state index contributed by atoms with van der Waals surface area (Å²) in [5.74, 6) is 0.382. The lowest BCUT2D eigenvalue weighted by molar-refractivity contribution is -0.385. The van der Waals surface area contributed by atoms with Crippen molar-refractivity contribution in [2.75, 3.05) is 12.5 Å². The van der Waals surface area contributed by atoms with Gasteiger partial charge >= 0.3 is 5.69 Å². The summed E-state index contributed by atoms with van der Waals surface area (Å²) >= 11 is 0. The van der Waals surface area contributed by atoms with Crippen molar-refractivity contribution >= 4 is 17.9 Å². The predicted octanol–water partition coefficient (Wildman–Crippen LogP) is 0.562. The number of benzene rings is 1. The first-order chi connectivity index (χ1) is 9.20. The molecule has 19 heavy (non-hydrogen) atoms. The van der Waals surface area contributed by atoms with E-state index in [1.807, 2.05) is 0 Å². The lowest BCUT2D eigenvalue weighted by atomic mass is 10.2. The molecule has 0 aliphatic heterocycles. The molecule has 0 atom stereocenters. The van der Waals surface area contributed by atoms with Gasteiger partial charge in [-0.15, -0.1) is 5.10 Å². The maximum absolute atomic E-state index is 10.8. The maximum atomic E-state index is 10.8. The van der Waals surface area contributed by atoms with Crippen LogP contribution in [0, 0.1) is 10.1 Å². The number of tetrazole rings is 1. The van der Waals surface area contributed by atoms with Crippen molar-refractivity contribution in [1.82, 2.24) is 20.6 Å². The molecule has 1 aromatic carbocycles. The van der Waals surface area contributed by atoms with E-state index >= 15 is 0 Å². The number of H-pyrrole nitrogens is 1. The van der Waals surface area contributed by atoms with Crippen molar-refractivity contribution in [2.24, 2.45) is 5.10 Å². The fraction of sp³-hybridized carbons (Fsp3) is 0.111. The molecule has 2 rings (SSSR count). The molecule has 2 aromatic rings. The second-order valence-corrected chi connectivity index (χ2v) is 3.29. The van der Waals surface area contributed by atoms with Crippen molar-refractivity contribution in [2.45, 2.75) is 0 Å². The van der Waals surface area contributed by atoms with Gasteiger partial charge in [-0.3, -0.25) is 10.1 Å². The molecule has 0 bridgehead atoms. The molecular formula is C9H9N7O3. The second kappa shape index (κ2) is 5.53. The van der Waals surface area contributed by atoms with Gasteiger partial charge in [0, 0.05) is 11.6 Å². The highest BCUT2D eigenvalue weighted by atomic mass is 16.6. The number of nitrogens with zero attached hydrogens (tertiary/aromatic N) is 5. The van der Waals surface area contributed by atoms with Crippen LogP contribution >= 0.6 is 0 Å². The van der Waals surface area contributed by atoms with Gasteiger partial charge in [-0.2, -0.15) is 10.3 Å². The SMILES string of the molecule is COc1ccc(/C=N/Nc2nn[nH]n2)cc1[N+](=O)[O-]. The molecule has 1 heterocycles. The van der Waals surface area contributed by atoms with Crippen LogP contribution in [0.25, 0.3) is 0 Å². The summed E-state index contributed by atoms with van der Waals surface area (Å²) in [5.41, 5.74) is 2.90. The van der Waals surface area contributed by atoms with E-state index in [1.165, 1.54) is 25.5 Å². The van der Waals surface area contributed by atoms with E-state index in [-0.39, 0.29) is 17.4 Å². The van der Waals surface area contributed by atoms with Crippen LogP contribution in [0.1, 0.15) is 5.56 Å². The minimum atomic E-state index is -0.525. The number of nitro benzene ring substituents is 1. The van der Waals surface area contributed by atoms with Crippen molar-refractivity contribution in [1.29, 1.82) is 0 Å². The topological polar surface area (TPSA) is 131 Å². The first-order valence-corrected chi connectivity index (χ1v) is 5.05. The minimum absolute atomic E-state index is 0.133. The summed E-state index contributed by atoms with van der Waals surface area (Å²) in [4.78, 5) is 10.3. The van der Waals surface area contributed by atoms with Gasteiger partial charge < -0.3 is 4.74 Å².